The number of para-hydroxylation sites is 4. The molecule has 12 aromatic rings. The quantitative estimate of drug-likeness (QED) is 0.162. The van der Waals surface area contributed by atoms with E-state index >= 15 is 0 Å². The van der Waals surface area contributed by atoms with Crippen LogP contribution in [-0.2, 0) is 5.41 Å². The molecule has 0 saturated carbocycles. The Labute approximate surface area is 377 Å². The molecular formula is C60H44N4O. The Balaban J connectivity index is 0.963. The van der Waals surface area contributed by atoms with E-state index in [-0.39, 0.29) is 5.41 Å². The normalized spacial score (nSPS) is 13.0. The Morgan fingerprint density at radius 2 is 1.03 bits per heavy atom. The molecule has 0 spiro atoms. The first kappa shape index (κ1) is 37.4. The van der Waals surface area contributed by atoms with Crippen molar-refractivity contribution < 1.29 is 4.74 Å². The van der Waals surface area contributed by atoms with Gasteiger partial charge in [0.05, 0.1) is 27.9 Å². The molecule has 5 heteroatoms. The number of pyridine rings is 1. The van der Waals surface area contributed by atoms with Gasteiger partial charge in [0, 0.05) is 50.4 Å². The second-order valence-electron chi connectivity index (χ2n) is 18.4. The molecule has 0 bridgehead atoms. The fourth-order valence-electron chi connectivity index (χ4n) is 10.6. The standard InChI is InChI=1S/C60H44N4O/c1-60(2,3)49-22-9-11-24-52(49)63-37-62(53-25-12-13-26-54(53)63)41-17-14-18-42(35-41)65-43-31-33-47-46-21-8-10-23-51(46)64(55(47)36-43)59-48-32-29-39-16-5-7-20-45(39)57(48)58-50(61-59)34-30-40-28-27-38-15-4-6-19-44(38)56(40)58/h4-36H,37H2,1-3H3. The highest BCUT2D eigenvalue weighted by Gasteiger charge is 2.31. The zero-order chi connectivity index (χ0) is 43.4. The molecule has 65 heavy (non-hydrogen) atoms. The minimum absolute atomic E-state index is 0.00438. The maximum Gasteiger partial charge on any atom is 0.146 e. The lowest BCUT2D eigenvalue weighted by Gasteiger charge is -2.29. The smallest absolute Gasteiger partial charge is 0.146 e. The monoisotopic (exact) mass is 836 g/mol. The van der Waals surface area contributed by atoms with Crippen LogP contribution in [-0.4, -0.2) is 16.2 Å². The highest BCUT2D eigenvalue weighted by Crippen LogP contribution is 2.48. The van der Waals surface area contributed by atoms with Crippen LogP contribution in [0.2, 0.25) is 0 Å². The molecule has 0 amide bonds. The molecule has 1 aliphatic rings. The van der Waals surface area contributed by atoms with Gasteiger partial charge in [-0.1, -0.05) is 148 Å². The number of aromatic nitrogens is 2. The number of fused-ring (bicyclic) bond motifs is 13. The van der Waals surface area contributed by atoms with Gasteiger partial charge >= 0.3 is 0 Å². The number of rotatable bonds is 5. The van der Waals surface area contributed by atoms with Gasteiger partial charge in [0.1, 0.15) is 24.0 Å². The molecule has 1 aliphatic heterocycles. The van der Waals surface area contributed by atoms with Crippen molar-refractivity contribution in [1.29, 1.82) is 0 Å². The Bertz CT molecular complexity index is 3910. The number of anilines is 4. The zero-order valence-corrected chi connectivity index (χ0v) is 36.5. The maximum atomic E-state index is 6.87. The van der Waals surface area contributed by atoms with Crippen molar-refractivity contribution in [2.75, 3.05) is 16.5 Å². The maximum absolute atomic E-state index is 6.87. The lowest BCUT2D eigenvalue weighted by molar-refractivity contribution is 0.483. The fraction of sp³-hybridized carbons (Fsp3) is 0.0833. The lowest BCUT2D eigenvalue weighted by Crippen LogP contribution is -2.26. The first-order chi connectivity index (χ1) is 31.9. The predicted molar refractivity (Wildman–Crippen MR) is 273 cm³/mol. The molecule has 0 atom stereocenters. The van der Waals surface area contributed by atoms with Gasteiger partial charge in [0.25, 0.3) is 0 Å². The van der Waals surface area contributed by atoms with Crippen molar-refractivity contribution in [1.82, 2.24) is 9.55 Å². The van der Waals surface area contributed by atoms with Crippen LogP contribution in [0.3, 0.4) is 0 Å². The van der Waals surface area contributed by atoms with Gasteiger partial charge in [-0.15, -0.1) is 0 Å². The third kappa shape index (κ3) is 5.82. The van der Waals surface area contributed by atoms with Crippen molar-refractivity contribution in [3.05, 3.63) is 206 Å². The van der Waals surface area contributed by atoms with Gasteiger partial charge in [0.15, 0.2) is 0 Å². The summed E-state index contributed by atoms with van der Waals surface area (Å²) >= 11 is 0. The molecule has 0 saturated heterocycles. The predicted octanol–water partition coefficient (Wildman–Crippen LogP) is 16.3. The molecule has 3 heterocycles. The van der Waals surface area contributed by atoms with Gasteiger partial charge < -0.3 is 14.5 Å². The second kappa shape index (κ2) is 14.2. The van der Waals surface area contributed by atoms with E-state index in [0.717, 1.165) is 50.3 Å². The van der Waals surface area contributed by atoms with E-state index in [1.807, 2.05) is 0 Å². The molecule has 310 valence electrons. The van der Waals surface area contributed by atoms with Gasteiger partial charge in [-0.25, -0.2) is 4.98 Å². The van der Waals surface area contributed by atoms with Crippen LogP contribution < -0.4 is 14.5 Å². The minimum atomic E-state index is -0.00438. The summed E-state index contributed by atoms with van der Waals surface area (Å²) in [5.74, 6) is 2.43. The van der Waals surface area contributed by atoms with E-state index in [0.29, 0.717) is 6.67 Å². The van der Waals surface area contributed by atoms with E-state index in [4.69, 9.17) is 9.72 Å². The first-order valence-corrected chi connectivity index (χ1v) is 22.5. The van der Waals surface area contributed by atoms with Gasteiger partial charge in [-0.2, -0.15) is 0 Å². The summed E-state index contributed by atoms with van der Waals surface area (Å²) in [6.45, 7) is 7.55. The fourth-order valence-corrected chi connectivity index (χ4v) is 10.6. The average molecular weight is 837 g/mol. The van der Waals surface area contributed by atoms with Crippen molar-refractivity contribution in [2.45, 2.75) is 26.2 Å². The molecule has 13 rings (SSSR count). The summed E-state index contributed by atoms with van der Waals surface area (Å²) in [4.78, 5) is 10.5. The first-order valence-electron chi connectivity index (χ1n) is 22.5. The molecule has 0 fully saturated rings. The largest absolute Gasteiger partial charge is 0.457 e. The third-order valence-electron chi connectivity index (χ3n) is 13.5. The van der Waals surface area contributed by atoms with Gasteiger partial charge in [0.2, 0.25) is 0 Å². The summed E-state index contributed by atoms with van der Waals surface area (Å²) < 4.78 is 9.22. The summed E-state index contributed by atoms with van der Waals surface area (Å²) in [6.07, 6.45) is 0. The van der Waals surface area contributed by atoms with Crippen LogP contribution in [0, 0.1) is 0 Å². The molecule has 5 nitrogen and oxygen atoms in total. The summed E-state index contributed by atoms with van der Waals surface area (Å²) in [5, 5.41) is 13.1. The molecular weight excluding hydrogens is 793 g/mol. The summed E-state index contributed by atoms with van der Waals surface area (Å²) in [5.41, 5.74) is 9.08. The molecule has 0 radical (unpaired) electrons. The van der Waals surface area contributed by atoms with E-state index in [1.54, 1.807) is 0 Å². The molecule has 0 unspecified atom stereocenters. The van der Waals surface area contributed by atoms with Crippen molar-refractivity contribution in [2.24, 2.45) is 0 Å². The Morgan fingerprint density at radius 3 is 1.83 bits per heavy atom. The molecule has 2 aromatic heterocycles. The van der Waals surface area contributed by atoms with Crippen molar-refractivity contribution in [3.63, 3.8) is 0 Å². The SMILES string of the molecule is CC(C)(C)c1ccccc1N1CN(c2cccc(Oc3ccc4c5ccccc5n(-c5nc6ccc7ccc8ccccc8c7c6c6c5ccc5ccccc56)c4c3)c2)c2ccccc21. The average Bonchev–Trinajstić information content (AvgIpc) is 3.89. The zero-order valence-electron chi connectivity index (χ0n) is 36.5. The van der Waals surface area contributed by atoms with E-state index in [2.05, 4.69) is 235 Å². The summed E-state index contributed by atoms with van der Waals surface area (Å²) in [6, 6.07) is 72.0. The van der Waals surface area contributed by atoms with Crippen LogP contribution in [0.15, 0.2) is 200 Å². The van der Waals surface area contributed by atoms with E-state index < -0.39 is 0 Å². The Hall–Kier alpha value is -8.15. The summed E-state index contributed by atoms with van der Waals surface area (Å²) in [7, 11) is 0. The van der Waals surface area contributed by atoms with Crippen molar-refractivity contribution in [3.8, 4) is 17.3 Å². The van der Waals surface area contributed by atoms with Crippen LogP contribution >= 0.6 is 0 Å². The lowest BCUT2D eigenvalue weighted by atomic mass is 9.85. The number of ether oxygens (including phenoxy) is 1. The highest BCUT2D eigenvalue weighted by molar-refractivity contribution is 6.32. The number of hydrogen-bond donors (Lipinski definition) is 0. The Morgan fingerprint density at radius 1 is 0.431 bits per heavy atom. The Kier molecular flexibility index (Phi) is 8.16. The van der Waals surface area contributed by atoms with Gasteiger partial charge in [-0.3, -0.25) is 4.57 Å². The second-order valence-corrected chi connectivity index (χ2v) is 18.4. The van der Waals surface area contributed by atoms with E-state index in [1.165, 1.54) is 71.1 Å². The third-order valence-corrected chi connectivity index (χ3v) is 13.5. The number of hydrogen-bond acceptors (Lipinski definition) is 4. The highest BCUT2D eigenvalue weighted by atomic mass is 16.5. The number of benzene rings is 10. The van der Waals surface area contributed by atoms with Crippen LogP contribution in [0.1, 0.15) is 26.3 Å². The molecule has 10 aromatic carbocycles. The van der Waals surface area contributed by atoms with E-state index in [9.17, 15) is 0 Å². The van der Waals surface area contributed by atoms with Crippen LogP contribution in [0.25, 0.3) is 81.6 Å². The van der Waals surface area contributed by atoms with Crippen LogP contribution in [0.4, 0.5) is 22.7 Å². The minimum Gasteiger partial charge on any atom is -0.457 e. The van der Waals surface area contributed by atoms with Gasteiger partial charge in [-0.05, 0) is 104 Å². The molecule has 0 aliphatic carbocycles. The number of nitrogens with zero attached hydrogens (tertiary/aromatic N) is 4. The van der Waals surface area contributed by atoms with Crippen molar-refractivity contribution >= 4 is 98.5 Å². The topological polar surface area (TPSA) is 33.5 Å². The van der Waals surface area contributed by atoms with Crippen LogP contribution in [0.5, 0.6) is 11.5 Å². The molecule has 0 N–H and O–H groups in total.